The van der Waals surface area contributed by atoms with E-state index in [0.717, 1.165) is 37.7 Å². The number of allylic oxidation sites excluding steroid dienone is 2. The van der Waals surface area contributed by atoms with Crippen LogP contribution in [0.1, 0.15) is 57.8 Å². The Balaban J connectivity index is 0.000000180. The number of carbonyl (C=O) groups is 2. The third-order valence-electron chi connectivity index (χ3n) is 3.47. The molecule has 2 aliphatic rings. The van der Waals surface area contributed by atoms with Gasteiger partial charge in [-0.1, -0.05) is 25.3 Å². The Morgan fingerprint density at radius 3 is 2.11 bits per heavy atom. The van der Waals surface area contributed by atoms with E-state index >= 15 is 0 Å². The molecule has 102 valence electrons. The summed E-state index contributed by atoms with van der Waals surface area (Å²) in [5, 5.41) is -0.269. The first-order chi connectivity index (χ1) is 8.61. The minimum absolute atomic E-state index is 0.210. The van der Waals surface area contributed by atoms with Crippen molar-refractivity contribution in [1.29, 1.82) is 0 Å². The van der Waals surface area contributed by atoms with Crippen molar-refractivity contribution in [3.05, 3.63) is 11.6 Å². The second-order valence-electron chi connectivity index (χ2n) is 4.89. The molecular formula is C14H20BrClO2. The fourth-order valence-electron chi connectivity index (χ4n) is 2.35. The summed E-state index contributed by atoms with van der Waals surface area (Å²) in [5.74, 6) is 0.332. The van der Waals surface area contributed by atoms with E-state index in [1.807, 2.05) is 6.08 Å². The van der Waals surface area contributed by atoms with E-state index in [4.69, 9.17) is 11.6 Å². The molecule has 0 bridgehead atoms. The Morgan fingerprint density at radius 1 is 1.11 bits per heavy atom. The van der Waals surface area contributed by atoms with Crippen molar-refractivity contribution >= 4 is 37.5 Å². The van der Waals surface area contributed by atoms with E-state index in [1.165, 1.54) is 25.7 Å². The monoisotopic (exact) mass is 334 g/mol. The standard InChI is InChI=1S/C7H11BrO.C7H9ClO/c2*8-7(9)6-4-2-1-3-5-6/h6H,1-5H2;4H,1-3,5H2. The fourth-order valence-corrected chi connectivity index (χ4v) is 2.98. The number of hydrogen-bond acceptors (Lipinski definition) is 2. The summed E-state index contributed by atoms with van der Waals surface area (Å²) >= 11 is 8.25. The van der Waals surface area contributed by atoms with E-state index in [-0.39, 0.29) is 9.93 Å². The van der Waals surface area contributed by atoms with Gasteiger partial charge >= 0.3 is 0 Å². The van der Waals surface area contributed by atoms with Gasteiger partial charge < -0.3 is 0 Å². The zero-order valence-corrected chi connectivity index (χ0v) is 12.9. The normalized spacial score (nSPS) is 20.4. The molecule has 2 rings (SSSR count). The highest BCUT2D eigenvalue weighted by atomic mass is 79.9. The number of hydrogen-bond donors (Lipinski definition) is 0. The first kappa shape index (κ1) is 15.9. The fraction of sp³-hybridized carbons (Fsp3) is 0.714. The van der Waals surface area contributed by atoms with Gasteiger partial charge in [-0.25, -0.2) is 0 Å². The minimum atomic E-state index is -0.269. The summed E-state index contributed by atoms with van der Waals surface area (Å²) in [6.07, 6.45) is 12.2. The predicted molar refractivity (Wildman–Crippen MR) is 77.9 cm³/mol. The van der Waals surface area contributed by atoms with Gasteiger partial charge in [-0.15, -0.1) is 0 Å². The molecule has 0 aromatic carbocycles. The molecule has 0 heterocycles. The molecule has 0 radical (unpaired) electrons. The number of halogens is 2. The highest BCUT2D eigenvalue weighted by molar-refractivity contribution is 9.18. The van der Waals surface area contributed by atoms with Crippen LogP contribution in [0.25, 0.3) is 0 Å². The molecular weight excluding hydrogens is 316 g/mol. The summed E-state index contributed by atoms with van der Waals surface area (Å²) in [6.45, 7) is 0. The van der Waals surface area contributed by atoms with E-state index < -0.39 is 0 Å². The average molecular weight is 336 g/mol. The topological polar surface area (TPSA) is 34.1 Å². The quantitative estimate of drug-likeness (QED) is 0.683. The molecule has 0 spiro atoms. The number of carbonyl (C=O) groups excluding carboxylic acids is 2. The van der Waals surface area contributed by atoms with Crippen molar-refractivity contribution in [1.82, 2.24) is 0 Å². The van der Waals surface area contributed by atoms with Crippen LogP contribution in [0.5, 0.6) is 0 Å². The second-order valence-corrected chi connectivity index (χ2v) is 6.01. The maximum absolute atomic E-state index is 10.7. The SMILES string of the molecule is O=C(Br)C1CCCCC1.O=C(Cl)C1=CCCCC1. The van der Waals surface area contributed by atoms with Gasteiger partial charge in [0, 0.05) is 11.5 Å². The van der Waals surface area contributed by atoms with Crippen LogP contribution in [-0.4, -0.2) is 9.93 Å². The zero-order chi connectivity index (χ0) is 13.4. The van der Waals surface area contributed by atoms with Crippen LogP contribution in [0.15, 0.2) is 11.6 Å². The molecule has 0 aromatic heterocycles. The van der Waals surface area contributed by atoms with Crippen molar-refractivity contribution in [3.63, 3.8) is 0 Å². The smallest absolute Gasteiger partial charge is 0.248 e. The van der Waals surface area contributed by atoms with Crippen LogP contribution < -0.4 is 0 Å². The molecule has 2 aliphatic carbocycles. The molecule has 0 saturated heterocycles. The van der Waals surface area contributed by atoms with Crippen LogP contribution in [0.4, 0.5) is 0 Å². The lowest BCUT2D eigenvalue weighted by Crippen LogP contribution is -2.11. The van der Waals surface area contributed by atoms with Crippen LogP contribution in [-0.2, 0) is 9.59 Å². The van der Waals surface area contributed by atoms with Gasteiger partial charge in [0.2, 0.25) is 9.93 Å². The Kier molecular flexibility index (Phi) is 7.84. The predicted octanol–water partition coefficient (Wildman–Crippen LogP) is 4.74. The third kappa shape index (κ3) is 6.14. The molecule has 0 amide bonds. The van der Waals surface area contributed by atoms with Crippen molar-refractivity contribution in [2.24, 2.45) is 5.92 Å². The Labute approximate surface area is 122 Å². The summed E-state index contributed by atoms with van der Waals surface area (Å²) in [7, 11) is 0. The van der Waals surface area contributed by atoms with Gasteiger partial charge in [-0.2, -0.15) is 0 Å². The Hall–Kier alpha value is -0.150. The molecule has 0 N–H and O–H groups in total. The van der Waals surface area contributed by atoms with Crippen LogP contribution in [0.3, 0.4) is 0 Å². The largest absolute Gasteiger partial charge is 0.286 e. The van der Waals surface area contributed by atoms with Crippen molar-refractivity contribution < 1.29 is 9.59 Å². The lowest BCUT2D eigenvalue weighted by Gasteiger charge is -2.16. The lowest BCUT2D eigenvalue weighted by atomic mass is 9.91. The highest BCUT2D eigenvalue weighted by Gasteiger charge is 2.17. The van der Waals surface area contributed by atoms with E-state index in [0.29, 0.717) is 5.92 Å². The second kappa shape index (κ2) is 8.87. The van der Waals surface area contributed by atoms with Crippen molar-refractivity contribution in [2.45, 2.75) is 57.8 Å². The molecule has 18 heavy (non-hydrogen) atoms. The summed E-state index contributed by atoms with van der Waals surface area (Å²) in [6, 6.07) is 0. The maximum Gasteiger partial charge on any atom is 0.248 e. The maximum atomic E-state index is 10.7. The van der Waals surface area contributed by atoms with Gasteiger partial charge in [0.15, 0.2) is 0 Å². The molecule has 0 aliphatic heterocycles. The summed E-state index contributed by atoms with van der Waals surface area (Å²) in [5.41, 5.74) is 0.808. The van der Waals surface area contributed by atoms with Crippen molar-refractivity contribution in [3.8, 4) is 0 Å². The molecule has 1 fully saturated rings. The van der Waals surface area contributed by atoms with Crippen LogP contribution in [0, 0.1) is 5.92 Å². The van der Waals surface area contributed by atoms with Gasteiger partial charge in [0.1, 0.15) is 0 Å². The molecule has 1 saturated carbocycles. The Morgan fingerprint density at radius 2 is 1.78 bits per heavy atom. The first-order valence-electron chi connectivity index (χ1n) is 6.69. The first-order valence-corrected chi connectivity index (χ1v) is 7.86. The lowest BCUT2D eigenvalue weighted by molar-refractivity contribution is -0.114. The van der Waals surface area contributed by atoms with Crippen molar-refractivity contribution in [2.75, 3.05) is 0 Å². The van der Waals surface area contributed by atoms with Gasteiger partial charge in [-0.3, -0.25) is 9.59 Å². The van der Waals surface area contributed by atoms with Gasteiger partial charge in [-0.05, 0) is 66.1 Å². The molecule has 4 heteroatoms. The highest BCUT2D eigenvalue weighted by Crippen LogP contribution is 2.25. The van der Waals surface area contributed by atoms with Gasteiger partial charge in [0.05, 0.1) is 0 Å². The Bertz CT molecular complexity index is 320. The average Bonchev–Trinajstić information content (AvgIpc) is 2.41. The van der Waals surface area contributed by atoms with E-state index in [2.05, 4.69) is 15.9 Å². The van der Waals surface area contributed by atoms with Crippen LogP contribution >= 0.6 is 27.5 Å². The van der Waals surface area contributed by atoms with Gasteiger partial charge in [0.25, 0.3) is 0 Å². The molecule has 2 nitrogen and oxygen atoms in total. The minimum Gasteiger partial charge on any atom is -0.286 e. The summed E-state index contributed by atoms with van der Waals surface area (Å²) < 4.78 is 0.210. The van der Waals surface area contributed by atoms with E-state index in [1.54, 1.807) is 0 Å². The third-order valence-corrected chi connectivity index (χ3v) is 4.36. The zero-order valence-electron chi connectivity index (χ0n) is 10.6. The van der Waals surface area contributed by atoms with E-state index in [9.17, 15) is 9.59 Å². The van der Waals surface area contributed by atoms with Crippen LogP contribution in [0.2, 0.25) is 0 Å². The molecule has 0 aromatic rings. The molecule has 0 atom stereocenters. The molecule has 0 unspecified atom stereocenters. The summed E-state index contributed by atoms with van der Waals surface area (Å²) in [4.78, 5) is 21.2. The number of rotatable bonds is 2.